The molecule has 8 nitrogen and oxygen atoms in total. The van der Waals surface area contributed by atoms with Gasteiger partial charge in [0, 0.05) is 19.3 Å². The van der Waals surface area contributed by atoms with Crippen LogP contribution in [-0.4, -0.2) is 50.2 Å². The Morgan fingerprint density at radius 3 is 2.96 bits per heavy atom. The fourth-order valence-corrected chi connectivity index (χ4v) is 3.60. The van der Waals surface area contributed by atoms with Crippen LogP contribution in [0.5, 0.6) is 0 Å². The summed E-state index contributed by atoms with van der Waals surface area (Å²) in [5, 5.41) is 7.22. The fraction of sp³-hybridized carbons (Fsp3) is 0.474. The van der Waals surface area contributed by atoms with Crippen molar-refractivity contribution in [3.8, 4) is 0 Å². The number of amides is 2. The molecule has 0 bridgehead atoms. The van der Waals surface area contributed by atoms with Gasteiger partial charge in [-0.15, -0.1) is 0 Å². The average molecular weight is 369 g/mol. The molecule has 2 aliphatic heterocycles. The van der Waals surface area contributed by atoms with Crippen LogP contribution in [0.3, 0.4) is 0 Å². The van der Waals surface area contributed by atoms with E-state index in [0.29, 0.717) is 38.5 Å². The van der Waals surface area contributed by atoms with Crippen molar-refractivity contribution in [1.82, 2.24) is 25.0 Å². The molecule has 0 unspecified atom stereocenters. The monoisotopic (exact) mass is 369 g/mol. The van der Waals surface area contributed by atoms with Gasteiger partial charge in [0.25, 0.3) is 11.8 Å². The minimum atomic E-state index is -0.717. The molecule has 2 amide bonds. The van der Waals surface area contributed by atoms with E-state index in [1.54, 1.807) is 21.8 Å². The van der Waals surface area contributed by atoms with Crippen LogP contribution in [0.4, 0.5) is 0 Å². The molecule has 142 valence electrons. The normalized spacial score (nSPS) is 21.7. The van der Waals surface area contributed by atoms with Crippen LogP contribution in [0.2, 0.25) is 0 Å². The molecular weight excluding hydrogens is 346 g/mol. The third-order valence-electron chi connectivity index (χ3n) is 5.15. The maximum atomic E-state index is 12.8. The van der Waals surface area contributed by atoms with E-state index < -0.39 is 5.60 Å². The van der Waals surface area contributed by atoms with Crippen LogP contribution in [0.25, 0.3) is 0 Å². The second-order valence-electron chi connectivity index (χ2n) is 7.16. The summed E-state index contributed by atoms with van der Waals surface area (Å²) >= 11 is 0. The van der Waals surface area contributed by atoms with Crippen molar-refractivity contribution in [1.29, 1.82) is 0 Å². The molecule has 4 heterocycles. The first kappa shape index (κ1) is 17.7. The number of pyridine rings is 1. The van der Waals surface area contributed by atoms with Gasteiger partial charge in [0.1, 0.15) is 5.60 Å². The summed E-state index contributed by atoms with van der Waals surface area (Å²) < 4.78 is 7.48. The van der Waals surface area contributed by atoms with E-state index in [9.17, 15) is 9.59 Å². The van der Waals surface area contributed by atoms with Crippen molar-refractivity contribution in [3.63, 3.8) is 0 Å². The summed E-state index contributed by atoms with van der Waals surface area (Å²) in [5.74, 6) is -0.222. The van der Waals surface area contributed by atoms with Crippen LogP contribution < -0.4 is 5.32 Å². The lowest BCUT2D eigenvalue weighted by Gasteiger charge is -2.33. The molecule has 4 rings (SSSR count). The Bertz CT molecular complexity index is 842. The molecule has 1 saturated heterocycles. The number of rotatable bonds is 4. The fourth-order valence-electron chi connectivity index (χ4n) is 3.60. The van der Waals surface area contributed by atoms with Gasteiger partial charge in [0.05, 0.1) is 31.0 Å². The van der Waals surface area contributed by atoms with Gasteiger partial charge in [-0.05, 0) is 38.0 Å². The Morgan fingerprint density at radius 1 is 1.33 bits per heavy atom. The van der Waals surface area contributed by atoms with E-state index in [-0.39, 0.29) is 11.8 Å². The van der Waals surface area contributed by atoms with Crippen molar-refractivity contribution >= 4 is 11.8 Å². The number of fused-ring (bicyclic) bond motifs is 1. The first-order chi connectivity index (χ1) is 13.0. The lowest BCUT2D eigenvalue weighted by atomic mass is 10.0. The van der Waals surface area contributed by atoms with Crippen LogP contribution >= 0.6 is 0 Å². The number of aromatic nitrogens is 3. The van der Waals surface area contributed by atoms with Gasteiger partial charge in [-0.25, -0.2) is 0 Å². The van der Waals surface area contributed by atoms with E-state index in [1.165, 1.54) is 0 Å². The quantitative estimate of drug-likeness (QED) is 0.872. The van der Waals surface area contributed by atoms with Gasteiger partial charge in [-0.2, -0.15) is 5.10 Å². The molecule has 0 aromatic carbocycles. The van der Waals surface area contributed by atoms with E-state index in [0.717, 1.165) is 24.2 Å². The standard InChI is InChI=1S/C19H23N5O3/c1-19(6-4-10-27-19)18(26)23-8-9-24-15(13-23)11-16(22-24)17(25)21-12-14-5-2-3-7-20-14/h2-3,5,7,11H,4,6,8-10,12-13H2,1H3,(H,21,25)/t19-/m1/s1. The number of nitrogens with one attached hydrogen (secondary N) is 1. The predicted molar refractivity (Wildman–Crippen MR) is 96.6 cm³/mol. The number of nitrogens with zero attached hydrogens (tertiary/aromatic N) is 4. The van der Waals surface area contributed by atoms with Crippen molar-refractivity contribution in [3.05, 3.63) is 47.5 Å². The molecule has 0 saturated carbocycles. The van der Waals surface area contributed by atoms with Crippen molar-refractivity contribution in [2.75, 3.05) is 13.2 Å². The first-order valence-corrected chi connectivity index (χ1v) is 9.23. The van der Waals surface area contributed by atoms with Crippen molar-refractivity contribution in [2.24, 2.45) is 0 Å². The van der Waals surface area contributed by atoms with Gasteiger partial charge in [-0.1, -0.05) is 6.07 Å². The summed E-state index contributed by atoms with van der Waals surface area (Å²) in [5.41, 5.74) is 1.29. The molecule has 2 aromatic rings. The lowest BCUT2D eigenvalue weighted by molar-refractivity contribution is -0.152. The van der Waals surface area contributed by atoms with Gasteiger partial charge in [0.15, 0.2) is 5.69 Å². The highest BCUT2D eigenvalue weighted by atomic mass is 16.5. The maximum Gasteiger partial charge on any atom is 0.272 e. The molecule has 1 atom stereocenters. The molecule has 0 spiro atoms. The topological polar surface area (TPSA) is 89.4 Å². The lowest BCUT2D eigenvalue weighted by Crippen LogP contribution is -2.49. The molecule has 8 heteroatoms. The summed E-state index contributed by atoms with van der Waals surface area (Å²) in [6.07, 6.45) is 3.36. The van der Waals surface area contributed by atoms with E-state index in [2.05, 4.69) is 15.4 Å². The Morgan fingerprint density at radius 2 is 2.22 bits per heavy atom. The molecule has 2 aromatic heterocycles. The summed E-state index contributed by atoms with van der Waals surface area (Å²) in [6, 6.07) is 7.32. The van der Waals surface area contributed by atoms with Crippen LogP contribution in [0.15, 0.2) is 30.5 Å². The molecule has 27 heavy (non-hydrogen) atoms. The van der Waals surface area contributed by atoms with Crippen LogP contribution in [0.1, 0.15) is 41.6 Å². The SMILES string of the molecule is C[C@]1(C(=O)N2CCn3nc(C(=O)NCc4ccccn4)cc3C2)CCCO1. The number of carbonyl (C=O) groups is 2. The molecule has 0 radical (unpaired) electrons. The number of hydrogen-bond donors (Lipinski definition) is 1. The third kappa shape index (κ3) is 3.57. The Labute approximate surface area is 157 Å². The second kappa shape index (κ2) is 7.11. The zero-order chi connectivity index (χ0) is 18.9. The Kier molecular flexibility index (Phi) is 4.65. The van der Waals surface area contributed by atoms with Crippen LogP contribution in [0, 0.1) is 0 Å². The molecule has 1 fully saturated rings. The zero-order valence-corrected chi connectivity index (χ0v) is 15.4. The highest BCUT2D eigenvalue weighted by molar-refractivity contribution is 5.92. The van der Waals surface area contributed by atoms with E-state index in [1.807, 2.05) is 25.1 Å². The zero-order valence-electron chi connectivity index (χ0n) is 15.4. The number of ether oxygens (including phenoxy) is 1. The van der Waals surface area contributed by atoms with Crippen LogP contribution in [-0.2, 0) is 29.2 Å². The summed E-state index contributed by atoms with van der Waals surface area (Å²) in [4.78, 5) is 31.2. The Hall–Kier alpha value is -2.74. The van der Waals surface area contributed by atoms with Gasteiger partial charge < -0.3 is 15.0 Å². The second-order valence-corrected chi connectivity index (χ2v) is 7.16. The highest BCUT2D eigenvalue weighted by Crippen LogP contribution is 2.28. The van der Waals surface area contributed by atoms with Crippen molar-refractivity contribution < 1.29 is 14.3 Å². The predicted octanol–water partition coefficient (Wildman–Crippen LogP) is 1.12. The summed E-state index contributed by atoms with van der Waals surface area (Å²) in [6.45, 7) is 4.44. The minimum Gasteiger partial charge on any atom is -0.365 e. The Balaban J connectivity index is 1.41. The van der Waals surface area contributed by atoms with Gasteiger partial charge >= 0.3 is 0 Å². The van der Waals surface area contributed by atoms with E-state index in [4.69, 9.17) is 4.74 Å². The molecule has 0 aliphatic carbocycles. The third-order valence-corrected chi connectivity index (χ3v) is 5.15. The smallest absolute Gasteiger partial charge is 0.272 e. The van der Waals surface area contributed by atoms with Crippen molar-refractivity contribution in [2.45, 2.75) is 45.0 Å². The highest BCUT2D eigenvalue weighted by Gasteiger charge is 2.41. The average Bonchev–Trinajstić information content (AvgIpc) is 3.32. The first-order valence-electron chi connectivity index (χ1n) is 9.23. The number of hydrogen-bond acceptors (Lipinski definition) is 5. The van der Waals surface area contributed by atoms with Gasteiger partial charge in [-0.3, -0.25) is 19.3 Å². The molecular formula is C19H23N5O3. The molecule has 2 aliphatic rings. The van der Waals surface area contributed by atoms with E-state index >= 15 is 0 Å². The summed E-state index contributed by atoms with van der Waals surface area (Å²) in [7, 11) is 0. The molecule has 1 N–H and O–H groups in total. The van der Waals surface area contributed by atoms with Gasteiger partial charge in [0.2, 0.25) is 0 Å². The number of carbonyl (C=O) groups excluding carboxylic acids is 2. The maximum absolute atomic E-state index is 12.8. The largest absolute Gasteiger partial charge is 0.365 e. The minimum absolute atomic E-state index is 0.0219.